The molecule has 5 heteroatoms. The number of rotatable bonds is 3. The Bertz CT molecular complexity index is 713. The van der Waals surface area contributed by atoms with Gasteiger partial charge in [0.05, 0.1) is 5.69 Å². The maximum absolute atomic E-state index is 14.1. The predicted octanol–water partition coefficient (Wildman–Crippen LogP) is 3.02. The first-order valence-electron chi connectivity index (χ1n) is 7.16. The summed E-state index contributed by atoms with van der Waals surface area (Å²) in [6.07, 6.45) is 1.54. The van der Waals surface area contributed by atoms with E-state index in [2.05, 4.69) is 0 Å². The van der Waals surface area contributed by atoms with Crippen LogP contribution in [0.2, 0.25) is 0 Å². The third-order valence-electron chi connectivity index (χ3n) is 3.91. The molecule has 1 heterocycles. The normalized spacial score (nSPS) is 13.8. The number of nitrogens with two attached hydrogens (primary N) is 1. The van der Waals surface area contributed by atoms with E-state index in [4.69, 9.17) is 5.73 Å². The van der Waals surface area contributed by atoms with Gasteiger partial charge in [-0.25, -0.2) is 8.78 Å². The summed E-state index contributed by atoms with van der Waals surface area (Å²) in [6, 6.07) is 9.24. The second kappa shape index (κ2) is 5.75. The Morgan fingerprint density at radius 3 is 2.59 bits per heavy atom. The fourth-order valence-electron chi connectivity index (χ4n) is 2.89. The van der Waals surface area contributed by atoms with Gasteiger partial charge >= 0.3 is 0 Å². The summed E-state index contributed by atoms with van der Waals surface area (Å²) < 4.78 is 27.4. The molecule has 22 heavy (non-hydrogen) atoms. The van der Waals surface area contributed by atoms with Gasteiger partial charge in [0.1, 0.15) is 11.6 Å². The van der Waals surface area contributed by atoms with E-state index in [0.29, 0.717) is 36.3 Å². The molecule has 0 bridgehead atoms. The van der Waals surface area contributed by atoms with E-state index >= 15 is 0 Å². The average molecular weight is 302 g/mol. The van der Waals surface area contributed by atoms with Crippen LogP contribution in [0.4, 0.5) is 14.5 Å². The maximum Gasteiger partial charge on any atom is 0.248 e. The van der Waals surface area contributed by atoms with E-state index in [1.54, 1.807) is 24.3 Å². The molecule has 0 aromatic heterocycles. The van der Waals surface area contributed by atoms with Gasteiger partial charge in [-0.15, -0.1) is 0 Å². The van der Waals surface area contributed by atoms with Crippen molar-refractivity contribution in [3.63, 3.8) is 0 Å². The van der Waals surface area contributed by atoms with Crippen molar-refractivity contribution in [3.05, 3.63) is 64.7 Å². The molecule has 3 nitrogen and oxygen atoms in total. The van der Waals surface area contributed by atoms with E-state index in [-0.39, 0.29) is 0 Å². The van der Waals surface area contributed by atoms with Crippen LogP contribution in [0, 0.1) is 11.6 Å². The number of fused-ring (bicyclic) bond motifs is 1. The molecule has 0 unspecified atom stereocenters. The molecule has 1 amide bonds. The highest BCUT2D eigenvalue weighted by Gasteiger charge is 2.22. The number of anilines is 1. The van der Waals surface area contributed by atoms with Crippen LogP contribution in [0.15, 0.2) is 36.4 Å². The molecular weight excluding hydrogens is 286 g/mol. The van der Waals surface area contributed by atoms with Crippen LogP contribution in [0.1, 0.15) is 27.9 Å². The van der Waals surface area contributed by atoms with Gasteiger partial charge in [0.25, 0.3) is 0 Å². The fourth-order valence-corrected chi connectivity index (χ4v) is 2.89. The zero-order valence-electron chi connectivity index (χ0n) is 12.0. The third kappa shape index (κ3) is 2.79. The number of halogens is 2. The van der Waals surface area contributed by atoms with E-state index in [0.717, 1.165) is 18.1 Å². The van der Waals surface area contributed by atoms with Crippen molar-refractivity contribution in [2.24, 2.45) is 5.73 Å². The average Bonchev–Trinajstić information content (AvgIpc) is 2.47. The third-order valence-corrected chi connectivity index (χ3v) is 3.91. The molecule has 2 aromatic rings. The Morgan fingerprint density at radius 2 is 1.91 bits per heavy atom. The van der Waals surface area contributed by atoms with Gasteiger partial charge in [-0.3, -0.25) is 4.79 Å². The van der Waals surface area contributed by atoms with Crippen molar-refractivity contribution in [2.75, 3.05) is 11.4 Å². The first-order valence-corrected chi connectivity index (χ1v) is 7.16. The van der Waals surface area contributed by atoms with Crippen LogP contribution in [-0.4, -0.2) is 12.5 Å². The van der Waals surface area contributed by atoms with E-state index in [1.807, 2.05) is 4.90 Å². The lowest BCUT2D eigenvalue weighted by atomic mass is 10.00. The summed E-state index contributed by atoms with van der Waals surface area (Å²) in [6.45, 7) is 1.22. The van der Waals surface area contributed by atoms with Gasteiger partial charge in [0.2, 0.25) is 5.91 Å². The minimum atomic E-state index is -0.538. The Labute approximate surface area is 127 Å². The highest BCUT2D eigenvalue weighted by atomic mass is 19.1. The molecule has 2 aromatic carbocycles. The second-order valence-electron chi connectivity index (χ2n) is 5.48. The van der Waals surface area contributed by atoms with Gasteiger partial charge in [-0.1, -0.05) is 12.1 Å². The molecule has 0 fully saturated rings. The fraction of sp³-hybridized carbons (Fsp3) is 0.235. The quantitative estimate of drug-likeness (QED) is 0.947. The lowest BCUT2D eigenvalue weighted by Crippen LogP contribution is -2.30. The van der Waals surface area contributed by atoms with Crippen molar-refractivity contribution in [1.82, 2.24) is 0 Å². The van der Waals surface area contributed by atoms with Gasteiger partial charge in [-0.05, 0) is 42.2 Å². The molecule has 0 saturated carbocycles. The molecule has 114 valence electrons. The monoisotopic (exact) mass is 302 g/mol. The first-order chi connectivity index (χ1) is 10.5. The van der Waals surface area contributed by atoms with Crippen LogP contribution < -0.4 is 10.6 Å². The van der Waals surface area contributed by atoms with Crippen LogP contribution in [-0.2, 0) is 13.0 Å². The summed E-state index contributed by atoms with van der Waals surface area (Å²) in [7, 11) is 0. The standard InChI is InChI=1S/C17H16F2N2O/c18-14-8-13-2-1-7-21(16(13)15(19)9-14)10-11-3-5-12(6-4-11)17(20)22/h3-6,8-9H,1-2,7,10H2,(H2,20,22). The summed E-state index contributed by atoms with van der Waals surface area (Å²) in [5.41, 5.74) is 7.78. The molecule has 0 radical (unpaired) electrons. The largest absolute Gasteiger partial charge is 0.366 e. The highest BCUT2D eigenvalue weighted by molar-refractivity contribution is 5.92. The van der Waals surface area contributed by atoms with Crippen molar-refractivity contribution in [1.29, 1.82) is 0 Å². The molecule has 2 N–H and O–H groups in total. The van der Waals surface area contributed by atoms with Crippen molar-refractivity contribution in [3.8, 4) is 0 Å². The summed E-state index contributed by atoms with van der Waals surface area (Å²) in [5.74, 6) is -1.54. The Balaban J connectivity index is 1.87. The molecule has 0 aliphatic carbocycles. The minimum Gasteiger partial charge on any atom is -0.366 e. The van der Waals surface area contributed by atoms with Crippen LogP contribution >= 0.6 is 0 Å². The molecule has 0 atom stereocenters. The van der Waals surface area contributed by atoms with Crippen molar-refractivity contribution < 1.29 is 13.6 Å². The number of carbonyl (C=O) groups is 1. The SMILES string of the molecule is NC(=O)c1ccc(CN2CCCc3cc(F)cc(F)c32)cc1. The van der Waals surface area contributed by atoms with Crippen molar-refractivity contribution >= 4 is 11.6 Å². The molecule has 1 aliphatic rings. The van der Waals surface area contributed by atoms with Gasteiger partial charge in [-0.2, -0.15) is 0 Å². The van der Waals surface area contributed by atoms with Gasteiger partial charge in [0, 0.05) is 24.7 Å². The molecule has 3 rings (SSSR count). The smallest absolute Gasteiger partial charge is 0.248 e. The lowest BCUT2D eigenvalue weighted by Gasteiger charge is -2.31. The van der Waals surface area contributed by atoms with Crippen LogP contribution in [0.5, 0.6) is 0 Å². The highest BCUT2D eigenvalue weighted by Crippen LogP contribution is 2.32. The second-order valence-corrected chi connectivity index (χ2v) is 5.48. The van der Waals surface area contributed by atoms with Gasteiger partial charge in [0.15, 0.2) is 0 Å². The summed E-state index contributed by atoms with van der Waals surface area (Å²) in [5, 5.41) is 0. The Kier molecular flexibility index (Phi) is 3.79. The van der Waals surface area contributed by atoms with Gasteiger partial charge < -0.3 is 10.6 Å². The summed E-state index contributed by atoms with van der Waals surface area (Å²) >= 11 is 0. The molecular formula is C17H16F2N2O. The number of nitrogens with zero attached hydrogens (tertiary/aromatic N) is 1. The number of hydrogen-bond acceptors (Lipinski definition) is 2. The van der Waals surface area contributed by atoms with Crippen LogP contribution in [0.3, 0.4) is 0 Å². The number of carbonyl (C=O) groups excluding carboxylic acids is 1. The number of primary amides is 1. The number of hydrogen-bond donors (Lipinski definition) is 1. The first kappa shape index (κ1) is 14.5. The lowest BCUT2D eigenvalue weighted by molar-refractivity contribution is 0.100. The number of amides is 1. The number of benzene rings is 2. The zero-order chi connectivity index (χ0) is 15.7. The van der Waals surface area contributed by atoms with E-state index in [9.17, 15) is 13.6 Å². The topological polar surface area (TPSA) is 46.3 Å². The molecule has 0 saturated heterocycles. The Hall–Kier alpha value is -2.43. The number of aryl methyl sites for hydroxylation is 1. The molecule has 1 aliphatic heterocycles. The predicted molar refractivity (Wildman–Crippen MR) is 80.7 cm³/mol. The van der Waals surface area contributed by atoms with Crippen molar-refractivity contribution in [2.45, 2.75) is 19.4 Å². The zero-order valence-corrected chi connectivity index (χ0v) is 12.0. The van der Waals surface area contributed by atoms with E-state index < -0.39 is 17.5 Å². The molecule has 0 spiro atoms. The van der Waals surface area contributed by atoms with E-state index in [1.165, 1.54) is 6.07 Å². The Morgan fingerprint density at radius 1 is 1.18 bits per heavy atom. The summed E-state index contributed by atoms with van der Waals surface area (Å²) in [4.78, 5) is 13.0. The maximum atomic E-state index is 14.1. The minimum absolute atomic E-state index is 0.441. The van der Waals surface area contributed by atoms with Crippen LogP contribution in [0.25, 0.3) is 0 Å².